The van der Waals surface area contributed by atoms with Crippen molar-refractivity contribution in [2.24, 2.45) is 0 Å². The Labute approximate surface area is 104 Å². The van der Waals surface area contributed by atoms with Gasteiger partial charge < -0.3 is 9.80 Å². The molecule has 17 heavy (non-hydrogen) atoms. The third-order valence-corrected chi connectivity index (χ3v) is 3.08. The van der Waals surface area contributed by atoms with Gasteiger partial charge in [0.1, 0.15) is 17.0 Å². The summed E-state index contributed by atoms with van der Waals surface area (Å²) in [4.78, 5) is 18.4. The first-order chi connectivity index (χ1) is 8.08. The van der Waals surface area contributed by atoms with Gasteiger partial charge in [0, 0.05) is 32.2 Å². The zero-order valence-electron chi connectivity index (χ0n) is 9.47. The molecular formula is C10H13ClN4O2. The second-order valence-corrected chi connectivity index (χ2v) is 4.43. The highest BCUT2D eigenvalue weighted by Crippen LogP contribution is 2.29. The van der Waals surface area contributed by atoms with Crippen molar-refractivity contribution >= 4 is 23.0 Å². The van der Waals surface area contributed by atoms with E-state index in [1.165, 1.54) is 6.20 Å². The van der Waals surface area contributed by atoms with Crippen LogP contribution in [0.3, 0.4) is 0 Å². The summed E-state index contributed by atoms with van der Waals surface area (Å²) in [6.45, 7) is 3.30. The maximum Gasteiger partial charge on any atom is 0.310 e. The number of piperazine rings is 1. The smallest absolute Gasteiger partial charge is 0.310 e. The van der Waals surface area contributed by atoms with Gasteiger partial charge in [0.25, 0.3) is 0 Å². The number of hydrogen-bond donors (Lipinski definition) is 0. The van der Waals surface area contributed by atoms with Gasteiger partial charge in [-0.15, -0.1) is 0 Å². The number of aromatic nitrogens is 1. The lowest BCUT2D eigenvalue weighted by Crippen LogP contribution is -2.44. The zero-order chi connectivity index (χ0) is 12.4. The van der Waals surface area contributed by atoms with Gasteiger partial charge in [0.2, 0.25) is 0 Å². The molecule has 1 fully saturated rings. The van der Waals surface area contributed by atoms with E-state index in [-0.39, 0.29) is 10.8 Å². The summed E-state index contributed by atoms with van der Waals surface area (Å²) in [5, 5.41) is 11.2. The molecule has 0 aromatic carbocycles. The van der Waals surface area contributed by atoms with Gasteiger partial charge in [-0.25, -0.2) is 4.98 Å². The largest absolute Gasteiger partial charge is 0.363 e. The van der Waals surface area contributed by atoms with Crippen LogP contribution in [0.4, 0.5) is 11.4 Å². The molecule has 0 atom stereocenters. The van der Waals surface area contributed by atoms with Crippen LogP contribution in [0.5, 0.6) is 0 Å². The molecule has 1 aromatic rings. The molecule has 0 radical (unpaired) electrons. The number of nitrogens with zero attached hydrogens (tertiary/aromatic N) is 4. The van der Waals surface area contributed by atoms with Crippen LogP contribution in [0, 0.1) is 10.1 Å². The van der Waals surface area contributed by atoms with Crippen molar-refractivity contribution in [2.45, 2.75) is 0 Å². The van der Waals surface area contributed by atoms with E-state index in [1.54, 1.807) is 6.07 Å². The zero-order valence-corrected chi connectivity index (χ0v) is 10.2. The van der Waals surface area contributed by atoms with Crippen molar-refractivity contribution < 1.29 is 4.92 Å². The number of hydrogen-bond acceptors (Lipinski definition) is 5. The Morgan fingerprint density at radius 3 is 2.65 bits per heavy atom. The van der Waals surface area contributed by atoms with Crippen molar-refractivity contribution in [3.05, 3.63) is 27.5 Å². The maximum absolute atomic E-state index is 10.9. The standard InChI is InChI=1S/C10H13ClN4O2/c1-13-2-4-14(5-3-13)8-6-10(11)12-7-9(8)15(16)17/h6-7H,2-5H2,1H3. The van der Waals surface area contributed by atoms with Crippen LogP contribution in [0.15, 0.2) is 12.3 Å². The lowest BCUT2D eigenvalue weighted by molar-refractivity contribution is -0.384. The molecule has 2 heterocycles. The second-order valence-electron chi connectivity index (χ2n) is 4.04. The Bertz CT molecular complexity index is 432. The summed E-state index contributed by atoms with van der Waals surface area (Å²) < 4.78 is 0. The minimum atomic E-state index is -0.420. The van der Waals surface area contributed by atoms with Gasteiger partial charge in [0.05, 0.1) is 4.92 Å². The summed E-state index contributed by atoms with van der Waals surface area (Å²) in [5.74, 6) is 0. The molecule has 0 aliphatic carbocycles. The average Bonchev–Trinajstić information content (AvgIpc) is 2.29. The number of nitro groups is 1. The van der Waals surface area contributed by atoms with Gasteiger partial charge in [-0.1, -0.05) is 11.6 Å². The molecule has 1 saturated heterocycles. The van der Waals surface area contributed by atoms with E-state index in [2.05, 4.69) is 9.88 Å². The lowest BCUT2D eigenvalue weighted by Gasteiger charge is -2.33. The Hall–Kier alpha value is -1.40. The van der Waals surface area contributed by atoms with Gasteiger partial charge >= 0.3 is 5.69 Å². The van der Waals surface area contributed by atoms with Gasteiger partial charge in [-0.05, 0) is 7.05 Å². The predicted molar refractivity (Wildman–Crippen MR) is 65.6 cm³/mol. The predicted octanol–water partition coefficient (Wildman–Crippen LogP) is 1.39. The minimum Gasteiger partial charge on any atom is -0.363 e. The molecule has 7 heteroatoms. The number of pyridine rings is 1. The molecule has 0 bridgehead atoms. The molecule has 92 valence electrons. The molecular weight excluding hydrogens is 244 g/mol. The van der Waals surface area contributed by atoms with Crippen LogP contribution < -0.4 is 4.90 Å². The minimum absolute atomic E-state index is 0.0129. The number of likely N-dealkylation sites (N-methyl/N-ethyl adjacent to an activating group) is 1. The monoisotopic (exact) mass is 256 g/mol. The first kappa shape index (κ1) is 12.1. The summed E-state index contributed by atoms with van der Waals surface area (Å²) in [7, 11) is 2.03. The number of halogens is 1. The third-order valence-electron chi connectivity index (χ3n) is 2.87. The molecule has 0 unspecified atom stereocenters. The fourth-order valence-electron chi connectivity index (χ4n) is 1.85. The van der Waals surface area contributed by atoms with Crippen LogP contribution in [0.25, 0.3) is 0 Å². The van der Waals surface area contributed by atoms with Gasteiger partial charge in [0.15, 0.2) is 0 Å². The van der Waals surface area contributed by atoms with E-state index in [0.29, 0.717) is 5.69 Å². The van der Waals surface area contributed by atoms with E-state index >= 15 is 0 Å². The van der Waals surface area contributed by atoms with Crippen molar-refractivity contribution in [3.8, 4) is 0 Å². The Morgan fingerprint density at radius 1 is 1.41 bits per heavy atom. The third kappa shape index (κ3) is 2.65. The normalized spacial score (nSPS) is 17.2. The van der Waals surface area contributed by atoms with Crippen LogP contribution in [-0.2, 0) is 0 Å². The quantitative estimate of drug-likeness (QED) is 0.455. The molecule has 0 saturated carbocycles. The first-order valence-corrected chi connectivity index (χ1v) is 5.69. The molecule has 0 amide bonds. The van der Waals surface area contributed by atoms with Crippen molar-refractivity contribution in [2.75, 3.05) is 38.1 Å². The highest BCUT2D eigenvalue weighted by molar-refractivity contribution is 6.29. The van der Waals surface area contributed by atoms with Crippen LogP contribution >= 0.6 is 11.6 Å². The van der Waals surface area contributed by atoms with Crippen molar-refractivity contribution in [3.63, 3.8) is 0 Å². The van der Waals surface area contributed by atoms with Crippen molar-refractivity contribution in [1.82, 2.24) is 9.88 Å². The second kappa shape index (κ2) is 4.85. The SMILES string of the molecule is CN1CCN(c2cc(Cl)ncc2[N+](=O)[O-])CC1. The van der Waals surface area contributed by atoms with E-state index < -0.39 is 4.92 Å². The summed E-state index contributed by atoms with van der Waals surface area (Å²) in [5.41, 5.74) is 0.571. The summed E-state index contributed by atoms with van der Waals surface area (Å²) in [6, 6.07) is 1.56. The summed E-state index contributed by atoms with van der Waals surface area (Å²) >= 11 is 5.80. The molecule has 1 aliphatic heterocycles. The molecule has 6 nitrogen and oxygen atoms in total. The molecule has 0 N–H and O–H groups in total. The fraction of sp³-hybridized carbons (Fsp3) is 0.500. The Morgan fingerprint density at radius 2 is 2.06 bits per heavy atom. The first-order valence-electron chi connectivity index (χ1n) is 5.31. The molecule has 1 aromatic heterocycles. The van der Waals surface area contributed by atoms with Crippen molar-refractivity contribution in [1.29, 1.82) is 0 Å². The molecule has 0 spiro atoms. The van der Waals surface area contributed by atoms with E-state index in [0.717, 1.165) is 26.2 Å². The fourth-order valence-corrected chi connectivity index (χ4v) is 2.01. The Balaban J connectivity index is 2.30. The van der Waals surface area contributed by atoms with Gasteiger partial charge in [-0.2, -0.15) is 0 Å². The van der Waals surface area contributed by atoms with E-state index in [9.17, 15) is 10.1 Å². The topological polar surface area (TPSA) is 62.5 Å². The average molecular weight is 257 g/mol. The van der Waals surface area contributed by atoms with Gasteiger partial charge in [-0.3, -0.25) is 10.1 Å². The van der Waals surface area contributed by atoms with Crippen LogP contribution in [0.2, 0.25) is 5.15 Å². The van der Waals surface area contributed by atoms with E-state index in [1.807, 2.05) is 11.9 Å². The number of anilines is 1. The van der Waals surface area contributed by atoms with E-state index in [4.69, 9.17) is 11.6 Å². The van der Waals surface area contributed by atoms with Crippen LogP contribution in [0.1, 0.15) is 0 Å². The lowest BCUT2D eigenvalue weighted by atomic mass is 10.2. The number of rotatable bonds is 2. The molecule has 1 aliphatic rings. The van der Waals surface area contributed by atoms with Crippen LogP contribution in [-0.4, -0.2) is 48.0 Å². The highest BCUT2D eigenvalue weighted by atomic mass is 35.5. The Kier molecular flexibility index (Phi) is 3.44. The summed E-state index contributed by atoms with van der Waals surface area (Å²) in [6.07, 6.45) is 1.22. The molecule has 2 rings (SSSR count). The highest BCUT2D eigenvalue weighted by Gasteiger charge is 2.23. The maximum atomic E-state index is 10.9.